The first kappa shape index (κ1) is 26.0. The molecule has 1 aromatic heterocycles. The van der Waals surface area contributed by atoms with Crippen molar-refractivity contribution in [3.63, 3.8) is 0 Å². The third-order valence-electron chi connectivity index (χ3n) is 8.16. The first-order valence-corrected chi connectivity index (χ1v) is 14.3. The number of halogens is 1. The van der Waals surface area contributed by atoms with E-state index in [0.717, 1.165) is 36.1 Å². The van der Waals surface area contributed by atoms with Crippen molar-refractivity contribution >= 4 is 10.0 Å². The van der Waals surface area contributed by atoms with Gasteiger partial charge in [-0.1, -0.05) is 30.3 Å². The average molecular weight is 527 g/mol. The molecule has 2 saturated heterocycles. The van der Waals surface area contributed by atoms with Gasteiger partial charge in [0.2, 0.25) is 5.16 Å². The van der Waals surface area contributed by atoms with Crippen LogP contribution in [0.5, 0.6) is 0 Å². The molecule has 0 saturated carbocycles. The SMILES string of the molecule is COC[C@@H]1[C@@H](c2ccc(-c3ccc(F)c(C)c3C)cc2)C2CN(S(=O)(=O)c3nccn3C)CCCCN21. The summed E-state index contributed by atoms with van der Waals surface area (Å²) in [6, 6.07) is 12.0. The monoisotopic (exact) mass is 526 g/mol. The summed E-state index contributed by atoms with van der Waals surface area (Å²) in [5.74, 6) is -0.0496. The molecule has 0 bridgehead atoms. The summed E-state index contributed by atoms with van der Waals surface area (Å²) >= 11 is 0. The molecule has 0 spiro atoms. The van der Waals surface area contributed by atoms with Crippen LogP contribution < -0.4 is 0 Å². The van der Waals surface area contributed by atoms with Gasteiger partial charge in [0.25, 0.3) is 10.0 Å². The van der Waals surface area contributed by atoms with Crippen molar-refractivity contribution in [3.8, 4) is 11.1 Å². The molecule has 0 radical (unpaired) electrons. The average Bonchev–Trinajstić information content (AvgIpc) is 3.31. The van der Waals surface area contributed by atoms with Crippen LogP contribution >= 0.6 is 0 Å². The van der Waals surface area contributed by atoms with Crippen LogP contribution in [0.25, 0.3) is 11.1 Å². The molecule has 198 valence electrons. The number of benzene rings is 2. The second-order valence-electron chi connectivity index (χ2n) is 10.2. The van der Waals surface area contributed by atoms with Crippen molar-refractivity contribution in [2.24, 2.45) is 7.05 Å². The molecule has 2 aliphatic heterocycles. The lowest BCUT2D eigenvalue weighted by atomic mass is 9.74. The zero-order chi connectivity index (χ0) is 26.3. The molecule has 3 heterocycles. The predicted molar refractivity (Wildman–Crippen MR) is 141 cm³/mol. The molecule has 5 rings (SSSR count). The second-order valence-corrected chi connectivity index (χ2v) is 12.0. The van der Waals surface area contributed by atoms with E-state index in [1.54, 1.807) is 36.2 Å². The van der Waals surface area contributed by atoms with E-state index in [4.69, 9.17) is 4.74 Å². The van der Waals surface area contributed by atoms with Crippen molar-refractivity contribution in [1.29, 1.82) is 0 Å². The molecule has 7 nitrogen and oxygen atoms in total. The van der Waals surface area contributed by atoms with Crippen LogP contribution in [0.1, 0.15) is 35.4 Å². The number of hydrogen-bond acceptors (Lipinski definition) is 5. The molecule has 2 aromatic carbocycles. The normalized spacial score (nSPS) is 23.2. The van der Waals surface area contributed by atoms with Crippen molar-refractivity contribution in [2.75, 3.05) is 33.4 Å². The first-order chi connectivity index (χ1) is 17.7. The summed E-state index contributed by atoms with van der Waals surface area (Å²) in [4.78, 5) is 6.55. The van der Waals surface area contributed by atoms with Crippen LogP contribution in [0.15, 0.2) is 53.9 Å². The molecular weight excluding hydrogens is 491 g/mol. The fourth-order valence-corrected chi connectivity index (χ4v) is 7.55. The highest BCUT2D eigenvalue weighted by molar-refractivity contribution is 7.89. The molecule has 0 amide bonds. The Bertz CT molecular complexity index is 1370. The van der Waals surface area contributed by atoms with Gasteiger partial charge < -0.3 is 9.30 Å². The maximum absolute atomic E-state index is 14.0. The lowest BCUT2D eigenvalue weighted by Gasteiger charge is -2.57. The van der Waals surface area contributed by atoms with E-state index in [-0.39, 0.29) is 29.0 Å². The molecule has 3 atom stereocenters. The van der Waals surface area contributed by atoms with E-state index in [1.807, 2.05) is 13.0 Å². The largest absolute Gasteiger partial charge is 0.383 e. The summed E-state index contributed by atoms with van der Waals surface area (Å²) in [5, 5.41) is 0.0817. The van der Waals surface area contributed by atoms with Gasteiger partial charge in [0.15, 0.2) is 0 Å². The standard InChI is InChI=1S/C28H35FN4O3S/c1-19-20(2)24(29)12-11-23(19)21-7-9-22(10-8-21)27-25-17-32(37(34,35)28-30-13-16-31(28)3)14-5-6-15-33(25)26(27)18-36-4/h7-13,16,25-27H,5-6,14-15,17-18H2,1-4H3/t25?,26-,27+/m1/s1. The van der Waals surface area contributed by atoms with Gasteiger partial charge in [-0.25, -0.2) is 17.8 Å². The Labute approximate surface area is 218 Å². The number of imidazole rings is 1. The number of rotatable bonds is 6. The van der Waals surface area contributed by atoms with Gasteiger partial charge in [-0.05, 0) is 67.1 Å². The third-order valence-corrected chi connectivity index (χ3v) is 10.0. The van der Waals surface area contributed by atoms with Crippen LogP contribution in [0.3, 0.4) is 0 Å². The highest BCUT2D eigenvalue weighted by Gasteiger charge is 2.50. The lowest BCUT2D eigenvalue weighted by Crippen LogP contribution is -2.68. The van der Waals surface area contributed by atoms with Crippen molar-refractivity contribution in [2.45, 2.75) is 49.8 Å². The Morgan fingerprint density at radius 2 is 1.78 bits per heavy atom. The summed E-state index contributed by atoms with van der Waals surface area (Å²) in [6.07, 6.45) is 4.92. The molecule has 37 heavy (non-hydrogen) atoms. The Morgan fingerprint density at radius 3 is 2.46 bits per heavy atom. The quantitative estimate of drug-likeness (QED) is 0.484. The molecule has 3 aromatic rings. The van der Waals surface area contributed by atoms with E-state index >= 15 is 0 Å². The van der Waals surface area contributed by atoms with E-state index in [2.05, 4.69) is 34.1 Å². The predicted octanol–water partition coefficient (Wildman–Crippen LogP) is 4.11. The Morgan fingerprint density at radius 1 is 1.05 bits per heavy atom. The van der Waals surface area contributed by atoms with Crippen molar-refractivity contribution < 1.29 is 17.5 Å². The zero-order valence-electron chi connectivity index (χ0n) is 21.9. The highest BCUT2D eigenvalue weighted by Crippen LogP contribution is 2.43. The minimum atomic E-state index is -3.71. The van der Waals surface area contributed by atoms with E-state index in [9.17, 15) is 12.8 Å². The number of aromatic nitrogens is 2. The Kier molecular flexibility index (Phi) is 7.24. The zero-order valence-corrected chi connectivity index (χ0v) is 22.7. The van der Waals surface area contributed by atoms with E-state index in [1.165, 1.54) is 17.8 Å². The first-order valence-electron chi connectivity index (χ1n) is 12.8. The van der Waals surface area contributed by atoms with Crippen LogP contribution in [0.4, 0.5) is 4.39 Å². The minimum absolute atomic E-state index is 0.0520. The van der Waals surface area contributed by atoms with Crippen LogP contribution in [0, 0.1) is 19.7 Å². The van der Waals surface area contributed by atoms with Gasteiger partial charge in [0, 0.05) is 57.6 Å². The topological polar surface area (TPSA) is 67.7 Å². The van der Waals surface area contributed by atoms with Crippen LogP contribution in [-0.2, 0) is 21.8 Å². The molecule has 2 aliphatic rings. The maximum atomic E-state index is 14.0. The van der Waals surface area contributed by atoms with Gasteiger partial charge in [-0.2, -0.15) is 4.31 Å². The molecule has 0 aliphatic carbocycles. The number of aryl methyl sites for hydroxylation is 1. The van der Waals surface area contributed by atoms with Gasteiger partial charge >= 0.3 is 0 Å². The molecule has 9 heteroatoms. The number of fused-ring (bicyclic) bond motifs is 1. The maximum Gasteiger partial charge on any atom is 0.277 e. The lowest BCUT2D eigenvalue weighted by molar-refractivity contribution is -0.0635. The van der Waals surface area contributed by atoms with Crippen LogP contribution in [0.2, 0.25) is 0 Å². The fraction of sp³-hybridized carbons (Fsp3) is 0.464. The van der Waals surface area contributed by atoms with Crippen LogP contribution in [-0.4, -0.2) is 72.6 Å². The Hall–Kier alpha value is -2.59. The number of methoxy groups -OCH3 is 1. The molecule has 2 fully saturated rings. The van der Waals surface area contributed by atoms with Gasteiger partial charge in [0.1, 0.15) is 5.82 Å². The van der Waals surface area contributed by atoms with Crippen molar-refractivity contribution in [3.05, 3.63) is 71.3 Å². The summed E-state index contributed by atoms with van der Waals surface area (Å²) < 4.78 is 49.8. The summed E-state index contributed by atoms with van der Waals surface area (Å²) in [7, 11) is -0.277. The Balaban J connectivity index is 1.45. The molecular formula is C28H35FN4O3S. The van der Waals surface area contributed by atoms with Gasteiger partial charge in [0.05, 0.1) is 6.61 Å². The second kappa shape index (κ2) is 10.3. The number of sulfonamides is 1. The number of hydrogen-bond donors (Lipinski definition) is 0. The highest BCUT2D eigenvalue weighted by atomic mass is 32.2. The van der Waals surface area contributed by atoms with Gasteiger partial charge in [-0.3, -0.25) is 4.90 Å². The number of nitrogens with zero attached hydrogens (tertiary/aromatic N) is 4. The molecule has 0 N–H and O–H groups in total. The van der Waals surface area contributed by atoms with E-state index in [0.29, 0.717) is 25.3 Å². The van der Waals surface area contributed by atoms with Gasteiger partial charge in [-0.15, -0.1) is 0 Å². The summed E-state index contributed by atoms with van der Waals surface area (Å²) in [6.45, 7) is 6.18. The molecule has 1 unspecified atom stereocenters. The van der Waals surface area contributed by atoms with Crippen molar-refractivity contribution in [1.82, 2.24) is 18.8 Å². The fourth-order valence-electron chi connectivity index (χ4n) is 5.98. The smallest absolute Gasteiger partial charge is 0.277 e. The van der Waals surface area contributed by atoms with E-state index < -0.39 is 10.0 Å². The third kappa shape index (κ3) is 4.63. The summed E-state index contributed by atoms with van der Waals surface area (Å²) in [5.41, 5.74) is 4.83. The number of ether oxygens (including phenoxy) is 1. The minimum Gasteiger partial charge on any atom is -0.383 e.